The Balaban J connectivity index is 1.80. The number of hydrogen-bond donors (Lipinski definition) is 2. The number of hydrogen-bond acceptors (Lipinski definition) is 3. The molecule has 4 rings (SSSR count). The SMILES string of the molecule is CC(=O)NC1CCCc2cc(N3CCC(c4cc(C(F)(F)F)cc(C(F)(F)F)c4)(C(F)(F)F)C3O)ccc21. The number of amides is 1. The van der Waals surface area contributed by atoms with Gasteiger partial charge < -0.3 is 15.3 Å². The first kappa shape index (κ1) is 28.1. The summed E-state index contributed by atoms with van der Waals surface area (Å²) in [6.07, 6.45) is -17.7. The van der Waals surface area contributed by atoms with E-state index in [0.29, 0.717) is 24.8 Å². The summed E-state index contributed by atoms with van der Waals surface area (Å²) in [4.78, 5) is 12.4. The fraction of sp³-hybridized carbons (Fsp3) is 0.480. The molecule has 3 atom stereocenters. The molecule has 38 heavy (non-hydrogen) atoms. The van der Waals surface area contributed by atoms with Gasteiger partial charge >= 0.3 is 18.5 Å². The third kappa shape index (κ3) is 4.92. The van der Waals surface area contributed by atoms with Crippen LogP contribution < -0.4 is 10.2 Å². The lowest BCUT2D eigenvalue weighted by atomic mass is 9.76. The van der Waals surface area contributed by atoms with Crippen LogP contribution in [-0.2, 0) is 29.0 Å². The lowest BCUT2D eigenvalue weighted by molar-refractivity contribution is -0.211. The van der Waals surface area contributed by atoms with Crippen LogP contribution in [0.4, 0.5) is 45.2 Å². The summed E-state index contributed by atoms with van der Waals surface area (Å²) in [6, 6.07) is 4.04. The van der Waals surface area contributed by atoms with E-state index in [-0.39, 0.29) is 35.8 Å². The number of aryl methyl sites for hydroxylation is 1. The molecule has 2 aromatic rings. The molecule has 4 nitrogen and oxygen atoms in total. The van der Waals surface area contributed by atoms with Crippen molar-refractivity contribution >= 4 is 11.6 Å². The molecule has 0 aromatic heterocycles. The monoisotopic (exact) mass is 554 g/mol. The molecule has 1 amide bonds. The average Bonchev–Trinajstić information content (AvgIpc) is 3.15. The summed E-state index contributed by atoms with van der Waals surface area (Å²) >= 11 is 0. The first-order chi connectivity index (χ1) is 17.4. The lowest BCUT2D eigenvalue weighted by Gasteiger charge is -2.38. The minimum atomic E-state index is -5.39. The number of alkyl halides is 9. The van der Waals surface area contributed by atoms with Crippen molar-refractivity contribution in [2.45, 2.75) is 68.8 Å². The van der Waals surface area contributed by atoms with Crippen molar-refractivity contribution < 1.29 is 49.4 Å². The standard InChI is InChI=1S/C25H23F9N2O2/c1-13(37)35-20-4-2-3-14-9-18(5-6-19(14)20)36-8-7-22(21(36)38,25(32,33)34)15-10-16(23(26,27)28)12-17(11-15)24(29,30)31/h5-6,9-12,20-21,38H,2-4,7-8H2,1H3,(H,35,37). The second-order valence-corrected chi connectivity index (χ2v) is 9.61. The highest BCUT2D eigenvalue weighted by Crippen LogP contribution is 2.53. The van der Waals surface area contributed by atoms with Gasteiger partial charge in [0.05, 0.1) is 17.2 Å². The van der Waals surface area contributed by atoms with Crippen molar-refractivity contribution in [3.63, 3.8) is 0 Å². The summed E-state index contributed by atoms with van der Waals surface area (Å²) in [7, 11) is 0. The molecule has 1 heterocycles. The summed E-state index contributed by atoms with van der Waals surface area (Å²) in [6.45, 7) is 0.865. The number of nitrogens with one attached hydrogen (secondary N) is 1. The second kappa shape index (κ2) is 9.35. The zero-order valence-electron chi connectivity index (χ0n) is 19.9. The predicted octanol–water partition coefficient (Wildman–Crippen LogP) is 6.27. The largest absolute Gasteiger partial charge is 0.416 e. The van der Waals surface area contributed by atoms with Gasteiger partial charge in [-0.15, -0.1) is 0 Å². The van der Waals surface area contributed by atoms with Crippen LogP contribution in [0.1, 0.15) is 60.0 Å². The van der Waals surface area contributed by atoms with Crippen molar-refractivity contribution in [3.05, 3.63) is 64.2 Å². The average molecular weight is 554 g/mol. The molecular formula is C25H23F9N2O2. The van der Waals surface area contributed by atoms with E-state index in [9.17, 15) is 49.4 Å². The van der Waals surface area contributed by atoms with Crippen LogP contribution in [0.25, 0.3) is 0 Å². The van der Waals surface area contributed by atoms with Crippen LogP contribution >= 0.6 is 0 Å². The number of benzene rings is 2. The molecule has 3 unspecified atom stereocenters. The van der Waals surface area contributed by atoms with Crippen molar-refractivity contribution in [2.24, 2.45) is 0 Å². The van der Waals surface area contributed by atoms with Gasteiger partial charge in [-0.25, -0.2) is 0 Å². The molecule has 2 aliphatic rings. The van der Waals surface area contributed by atoms with Gasteiger partial charge in [0.2, 0.25) is 5.91 Å². The number of fused-ring (bicyclic) bond motifs is 1. The Labute approximate surface area is 211 Å². The molecule has 2 N–H and O–H groups in total. The minimum absolute atomic E-state index is 0.0281. The van der Waals surface area contributed by atoms with Crippen LogP contribution in [0, 0.1) is 0 Å². The second-order valence-electron chi connectivity index (χ2n) is 9.61. The Morgan fingerprint density at radius 3 is 2.11 bits per heavy atom. The first-order valence-corrected chi connectivity index (χ1v) is 11.7. The Hall–Kier alpha value is -2.96. The van der Waals surface area contributed by atoms with Gasteiger partial charge in [0.1, 0.15) is 11.6 Å². The van der Waals surface area contributed by atoms with Gasteiger partial charge in [0.15, 0.2) is 0 Å². The number of aliphatic hydroxyl groups excluding tert-OH is 1. The Morgan fingerprint density at radius 1 is 0.974 bits per heavy atom. The molecule has 208 valence electrons. The van der Waals surface area contributed by atoms with Gasteiger partial charge in [-0.05, 0) is 72.7 Å². The molecule has 2 aromatic carbocycles. The highest BCUT2D eigenvalue weighted by Gasteiger charge is 2.65. The normalized spacial score (nSPS) is 24.3. The maximum atomic E-state index is 14.6. The lowest BCUT2D eigenvalue weighted by Crippen LogP contribution is -2.52. The van der Waals surface area contributed by atoms with Crippen LogP contribution in [0.5, 0.6) is 0 Å². The number of carbonyl (C=O) groups excluding carboxylic acids is 1. The highest BCUT2D eigenvalue weighted by molar-refractivity contribution is 5.73. The summed E-state index contributed by atoms with van der Waals surface area (Å²) < 4.78 is 124. The molecule has 1 saturated heterocycles. The maximum absolute atomic E-state index is 14.6. The van der Waals surface area contributed by atoms with Crippen LogP contribution in [0.15, 0.2) is 36.4 Å². The number of halogens is 9. The highest BCUT2D eigenvalue weighted by atomic mass is 19.4. The van der Waals surface area contributed by atoms with Crippen LogP contribution in [-0.4, -0.2) is 30.0 Å². The van der Waals surface area contributed by atoms with E-state index in [2.05, 4.69) is 5.32 Å². The fourth-order valence-electron chi connectivity index (χ4n) is 5.42. The van der Waals surface area contributed by atoms with Crippen molar-refractivity contribution in [2.75, 3.05) is 11.4 Å². The first-order valence-electron chi connectivity index (χ1n) is 11.7. The van der Waals surface area contributed by atoms with E-state index in [1.807, 2.05) is 0 Å². The molecule has 1 aliphatic heterocycles. The maximum Gasteiger partial charge on any atom is 0.416 e. The molecule has 0 radical (unpaired) electrons. The van der Waals surface area contributed by atoms with Gasteiger partial charge in [-0.3, -0.25) is 4.79 Å². The number of carbonyl (C=O) groups is 1. The molecule has 1 aliphatic carbocycles. The van der Waals surface area contributed by atoms with Gasteiger partial charge in [-0.1, -0.05) is 6.07 Å². The van der Waals surface area contributed by atoms with Gasteiger partial charge in [0.25, 0.3) is 0 Å². The van der Waals surface area contributed by atoms with Crippen LogP contribution in [0.3, 0.4) is 0 Å². The van der Waals surface area contributed by atoms with E-state index in [1.165, 1.54) is 19.1 Å². The molecule has 13 heteroatoms. The third-order valence-corrected chi connectivity index (χ3v) is 7.24. The molecule has 1 fully saturated rings. The molecular weight excluding hydrogens is 531 g/mol. The zero-order chi connectivity index (χ0) is 28.3. The Kier molecular flexibility index (Phi) is 6.90. The molecule has 0 spiro atoms. The smallest absolute Gasteiger partial charge is 0.372 e. The van der Waals surface area contributed by atoms with E-state index in [4.69, 9.17) is 0 Å². The number of aliphatic hydroxyl groups is 1. The summed E-state index contributed by atoms with van der Waals surface area (Å²) in [5, 5.41) is 13.8. The van der Waals surface area contributed by atoms with Gasteiger partial charge in [-0.2, -0.15) is 39.5 Å². The third-order valence-electron chi connectivity index (χ3n) is 7.24. The topological polar surface area (TPSA) is 52.6 Å². The number of nitrogens with zero attached hydrogens (tertiary/aromatic N) is 1. The fourth-order valence-corrected chi connectivity index (χ4v) is 5.42. The van der Waals surface area contributed by atoms with Crippen molar-refractivity contribution in [3.8, 4) is 0 Å². The quantitative estimate of drug-likeness (QED) is 0.440. The van der Waals surface area contributed by atoms with Gasteiger partial charge in [0, 0.05) is 19.2 Å². The van der Waals surface area contributed by atoms with E-state index < -0.39 is 59.8 Å². The number of rotatable bonds is 3. The van der Waals surface area contributed by atoms with E-state index in [0.717, 1.165) is 10.5 Å². The number of anilines is 1. The van der Waals surface area contributed by atoms with Crippen LogP contribution in [0.2, 0.25) is 0 Å². The Morgan fingerprint density at radius 2 is 1.58 bits per heavy atom. The minimum Gasteiger partial charge on any atom is -0.372 e. The molecule has 0 bridgehead atoms. The summed E-state index contributed by atoms with van der Waals surface area (Å²) in [5.74, 6) is -0.267. The molecule has 0 saturated carbocycles. The van der Waals surface area contributed by atoms with E-state index >= 15 is 0 Å². The Bertz CT molecular complexity index is 1190. The zero-order valence-corrected chi connectivity index (χ0v) is 19.9. The predicted molar refractivity (Wildman–Crippen MR) is 118 cm³/mol. The van der Waals surface area contributed by atoms with Crippen molar-refractivity contribution in [1.82, 2.24) is 5.32 Å². The summed E-state index contributed by atoms with van der Waals surface area (Å²) in [5.41, 5.74) is -6.92. The van der Waals surface area contributed by atoms with E-state index in [1.54, 1.807) is 6.07 Å². The van der Waals surface area contributed by atoms with Crippen molar-refractivity contribution in [1.29, 1.82) is 0 Å².